The van der Waals surface area contributed by atoms with E-state index in [0.29, 0.717) is 33.6 Å². The fraction of sp³-hybridized carbons (Fsp3) is 0.304. The third kappa shape index (κ3) is 3.22. The number of phenolic OH excluding ortho intramolecular Hbond substituents is 1. The Balaban J connectivity index is 1.62. The Kier molecular flexibility index (Phi) is 4.60. The second-order valence-electron chi connectivity index (χ2n) is 7.70. The normalized spacial score (nSPS) is 15.3. The van der Waals surface area contributed by atoms with E-state index < -0.39 is 0 Å². The number of nitrogens with zero attached hydrogens (tertiary/aromatic N) is 2. The maximum Gasteiger partial charge on any atom is 0.202 e. The van der Waals surface area contributed by atoms with Crippen molar-refractivity contribution >= 4 is 32.5 Å². The summed E-state index contributed by atoms with van der Waals surface area (Å²) < 4.78 is 6.99. The van der Waals surface area contributed by atoms with E-state index in [0.717, 1.165) is 41.7 Å². The Morgan fingerprint density at radius 3 is 2.79 bits per heavy atom. The van der Waals surface area contributed by atoms with Gasteiger partial charge >= 0.3 is 0 Å². The maximum atomic E-state index is 13.3. The fourth-order valence-corrected chi connectivity index (χ4v) is 5.14. The molecule has 0 atom stereocenters. The topological polar surface area (TPSA) is 66.6 Å². The molecule has 3 heterocycles. The van der Waals surface area contributed by atoms with Gasteiger partial charge in [0.25, 0.3) is 0 Å². The molecular formula is C23H22N2O3S. The van der Waals surface area contributed by atoms with E-state index in [4.69, 9.17) is 4.42 Å². The highest BCUT2D eigenvalue weighted by molar-refractivity contribution is 7.21. The average molecular weight is 407 g/mol. The van der Waals surface area contributed by atoms with Crippen LogP contribution >= 0.6 is 11.3 Å². The second-order valence-corrected chi connectivity index (χ2v) is 8.73. The molecule has 148 valence electrons. The number of thiazole rings is 1. The Morgan fingerprint density at radius 2 is 2.00 bits per heavy atom. The monoisotopic (exact) mass is 406 g/mol. The van der Waals surface area contributed by atoms with Gasteiger partial charge in [-0.2, -0.15) is 0 Å². The van der Waals surface area contributed by atoms with Crippen LogP contribution in [-0.4, -0.2) is 28.1 Å². The number of aromatic nitrogens is 1. The van der Waals surface area contributed by atoms with Crippen LogP contribution in [0.3, 0.4) is 0 Å². The quantitative estimate of drug-likeness (QED) is 0.514. The summed E-state index contributed by atoms with van der Waals surface area (Å²) >= 11 is 1.49. The van der Waals surface area contributed by atoms with Gasteiger partial charge in [-0.15, -0.1) is 11.3 Å². The number of benzene rings is 2. The Morgan fingerprint density at radius 1 is 1.17 bits per heavy atom. The minimum absolute atomic E-state index is 0.108. The SMILES string of the molecule is Cc1cccc2sc(-c3coc4c(CN5CCCCC5)c(O)ccc4c3=O)nc12. The maximum absolute atomic E-state index is 13.3. The summed E-state index contributed by atoms with van der Waals surface area (Å²) in [6.45, 7) is 4.61. The first kappa shape index (κ1) is 18.3. The summed E-state index contributed by atoms with van der Waals surface area (Å²) in [5.74, 6) is 0.176. The number of aryl methyl sites for hydroxylation is 1. The number of hydrogen-bond donors (Lipinski definition) is 1. The zero-order valence-electron chi connectivity index (χ0n) is 16.3. The number of likely N-dealkylation sites (tertiary alicyclic amines) is 1. The van der Waals surface area contributed by atoms with E-state index in [2.05, 4.69) is 9.88 Å². The van der Waals surface area contributed by atoms with Crippen LogP contribution in [0, 0.1) is 6.92 Å². The summed E-state index contributed by atoms with van der Waals surface area (Å²) in [5, 5.41) is 11.6. The number of para-hydroxylation sites is 1. The molecule has 1 aliphatic rings. The molecule has 0 amide bonds. The van der Waals surface area contributed by atoms with Crippen molar-refractivity contribution in [2.45, 2.75) is 32.7 Å². The molecule has 0 aliphatic carbocycles. The molecule has 5 nitrogen and oxygen atoms in total. The smallest absolute Gasteiger partial charge is 0.202 e. The molecule has 1 fully saturated rings. The van der Waals surface area contributed by atoms with Crippen molar-refractivity contribution in [3.05, 3.63) is 57.9 Å². The summed E-state index contributed by atoms with van der Waals surface area (Å²) in [7, 11) is 0. The van der Waals surface area contributed by atoms with Crippen molar-refractivity contribution < 1.29 is 9.52 Å². The van der Waals surface area contributed by atoms with Crippen LogP contribution in [0.25, 0.3) is 31.8 Å². The third-order valence-electron chi connectivity index (χ3n) is 5.70. The minimum atomic E-state index is -0.108. The number of aromatic hydroxyl groups is 1. The molecule has 0 spiro atoms. The number of piperidine rings is 1. The van der Waals surface area contributed by atoms with Crippen molar-refractivity contribution in [1.82, 2.24) is 9.88 Å². The summed E-state index contributed by atoms with van der Waals surface area (Å²) in [4.78, 5) is 20.3. The second kappa shape index (κ2) is 7.28. The molecule has 0 unspecified atom stereocenters. The first-order valence-corrected chi connectivity index (χ1v) is 10.8. The zero-order chi connectivity index (χ0) is 20.0. The number of rotatable bonds is 3. The van der Waals surface area contributed by atoms with E-state index in [1.54, 1.807) is 12.1 Å². The number of phenols is 1. The standard InChI is InChI=1S/C23H22N2O3S/c1-14-6-5-7-19-20(14)24-23(29-19)17-13-28-22-15(21(17)27)8-9-18(26)16(22)12-25-10-3-2-4-11-25/h5-9,13,26H,2-4,10-12H2,1H3. The van der Waals surface area contributed by atoms with Crippen molar-refractivity contribution in [3.8, 4) is 16.3 Å². The highest BCUT2D eigenvalue weighted by Gasteiger charge is 2.20. The highest BCUT2D eigenvalue weighted by atomic mass is 32.1. The van der Waals surface area contributed by atoms with Gasteiger partial charge in [-0.1, -0.05) is 18.6 Å². The van der Waals surface area contributed by atoms with Gasteiger partial charge in [-0.3, -0.25) is 9.69 Å². The van der Waals surface area contributed by atoms with Gasteiger partial charge in [-0.05, 0) is 56.6 Å². The van der Waals surface area contributed by atoms with E-state index >= 15 is 0 Å². The van der Waals surface area contributed by atoms with Crippen LogP contribution in [0.1, 0.15) is 30.4 Å². The van der Waals surface area contributed by atoms with Crippen molar-refractivity contribution in [2.24, 2.45) is 0 Å². The zero-order valence-corrected chi connectivity index (χ0v) is 17.1. The van der Waals surface area contributed by atoms with Crippen LogP contribution in [0.15, 0.2) is 45.8 Å². The van der Waals surface area contributed by atoms with Gasteiger partial charge in [-0.25, -0.2) is 4.98 Å². The predicted octanol–water partition coefficient (Wildman–Crippen LogP) is 5.07. The van der Waals surface area contributed by atoms with Gasteiger partial charge in [0.15, 0.2) is 0 Å². The van der Waals surface area contributed by atoms with Gasteiger partial charge in [0.2, 0.25) is 5.43 Å². The van der Waals surface area contributed by atoms with Gasteiger partial charge < -0.3 is 9.52 Å². The van der Waals surface area contributed by atoms with Crippen molar-refractivity contribution in [3.63, 3.8) is 0 Å². The molecule has 1 saturated heterocycles. The molecule has 29 heavy (non-hydrogen) atoms. The molecule has 1 aliphatic heterocycles. The Bertz CT molecular complexity index is 1270. The first-order chi connectivity index (χ1) is 14.1. The number of fused-ring (bicyclic) bond motifs is 2. The summed E-state index contributed by atoms with van der Waals surface area (Å²) in [5.41, 5.74) is 3.53. The third-order valence-corrected chi connectivity index (χ3v) is 6.76. The summed E-state index contributed by atoms with van der Waals surface area (Å²) in [6.07, 6.45) is 5.07. The lowest BCUT2D eigenvalue weighted by Gasteiger charge is -2.26. The van der Waals surface area contributed by atoms with Crippen LogP contribution < -0.4 is 5.43 Å². The first-order valence-electron chi connectivity index (χ1n) is 9.97. The lowest BCUT2D eigenvalue weighted by Crippen LogP contribution is -2.29. The van der Waals surface area contributed by atoms with Crippen molar-refractivity contribution in [1.29, 1.82) is 0 Å². The predicted molar refractivity (Wildman–Crippen MR) is 117 cm³/mol. The summed E-state index contributed by atoms with van der Waals surface area (Å²) in [6, 6.07) is 9.28. The van der Waals surface area contributed by atoms with E-state index in [1.807, 2.05) is 25.1 Å². The fourth-order valence-electron chi connectivity index (χ4n) is 4.09. The largest absolute Gasteiger partial charge is 0.507 e. The van der Waals surface area contributed by atoms with Crippen LogP contribution in [0.2, 0.25) is 0 Å². The molecule has 0 radical (unpaired) electrons. The van der Waals surface area contributed by atoms with Crippen LogP contribution in [0.5, 0.6) is 5.75 Å². The molecule has 0 saturated carbocycles. The number of hydrogen-bond acceptors (Lipinski definition) is 6. The van der Waals surface area contributed by atoms with E-state index in [-0.39, 0.29) is 11.2 Å². The Labute approximate surface area is 172 Å². The lowest BCUT2D eigenvalue weighted by atomic mass is 10.1. The van der Waals surface area contributed by atoms with Crippen LogP contribution in [0.4, 0.5) is 0 Å². The highest BCUT2D eigenvalue weighted by Crippen LogP contribution is 2.33. The molecule has 2 aromatic carbocycles. The molecule has 2 aromatic heterocycles. The van der Waals surface area contributed by atoms with Crippen LogP contribution in [-0.2, 0) is 6.54 Å². The minimum Gasteiger partial charge on any atom is -0.507 e. The molecule has 0 bridgehead atoms. The van der Waals surface area contributed by atoms with E-state index in [1.165, 1.54) is 24.0 Å². The lowest BCUT2D eigenvalue weighted by molar-refractivity contribution is 0.218. The van der Waals surface area contributed by atoms with E-state index in [9.17, 15) is 9.90 Å². The Hall–Kier alpha value is -2.70. The van der Waals surface area contributed by atoms with Gasteiger partial charge in [0, 0.05) is 6.54 Å². The molecule has 6 heteroatoms. The van der Waals surface area contributed by atoms with Gasteiger partial charge in [0.1, 0.15) is 22.6 Å². The average Bonchev–Trinajstić information content (AvgIpc) is 3.16. The molecular weight excluding hydrogens is 384 g/mol. The molecule has 4 aromatic rings. The van der Waals surface area contributed by atoms with Gasteiger partial charge in [0.05, 0.1) is 26.7 Å². The van der Waals surface area contributed by atoms with Crippen molar-refractivity contribution in [2.75, 3.05) is 13.1 Å². The molecule has 1 N–H and O–H groups in total. The molecule has 5 rings (SSSR count).